The molecule has 4 heterocycles. The predicted molar refractivity (Wildman–Crippen MR) is 215 cm³/mol. The number of likely N-dealkylation sites (N-methyl/N-ethyl adjacent to an activating group) is 1. The number of carbonyl (C=O) groups is 2. The maximum Gasteiger partial charge on any atom is 0.412 e. The van der Waals surface area contributed by atoms with Crippen LogP contribution in [0.25, 0.3) is 0 Å². The van der Waals surface area contributed by atoms with Crippen molar-refractivity contribution in [2.75, 3.05) is 24.5 Å². The number of aryl methyl sites for hydroxylation is 2. The average Bonchev–Trinajstić information content (AvgIpc) is 3.01. The van der Waals surface area contributed by atoms with Crippen LogP contribution < -0.4 is 4.90 Å². The third-order valence-electron chi connectivity index (χ3n) is 6.90. The first-order valence-electron chi connectivity index (χ1n) is 11.1. The van der Waals surface area contributed by atoms with E-state index in [2.05, 4.69) is 33.7 Å². The van der Waals surface area contributed by atoms with Crippen molar-refractivity contribution < 1.29 is 75.7 Å². The van der Waals surface area contributed by atoms with E-state index in [0.29, 0.717) is 34.5 Å². The van der Waals surface area contributed by atoms with Crippen LogP contribution in [0.3, 0.4) is 0 Å². The van der Waals surface area contributed by atoms with E-state index in [1.807, 2.05) is 20.8 Å². The van der Waals surface area contributed by atoms with Gasteiger partial charge in [-0.1, -0.05) is 18.5 Å². The molecule has 0 aliphatic carbocycles. The standard InChI is InChI=1S/C23H29ClN6O3.43H2/c1-7-28-10-11-29(23(5,6)15(28)4)22(32)33-21-19-18(26-13(2)14(3)27-19)20(31)30(21)17-9-8-16(24)12-25-17;;;;;;;;;;;;;;;;;;;;;;;;;;;;;;;;;;;;;;;;;;;/h8-9,12,15,21H,7,10-11H2,1-6H3;43*1H/t15?,21-;;;;;;;;;;;;;;;;;;;;;;;;;;;;;;;;;;;;;;;;;;;/m0.........................................../s1. The van der Waals surface area contributed by atoms with Gasteiger partial charge >= 0.3 is 6.09 Å². The predicted octanol–water partition coefficient (Wildman–Crippen LogP) is 14.3. The number of halogens is 1. The molecule has 2 atom stereocenters. The lowest BCUT2D eigenvalue weighted by atomic mass is 9.90. The topological polar surface area (TPSA) is 91.8 Å². The molecule has 0 radical (unpaired) electrons. The second-order valence-corrected chi connectivity index (χ2v) is 9.42. The molecule has 0 bridgehead atoms. The summed E-state index contributed by atoms with van der Waals surface area (Å²) in [7, 11) is 0. The minimum absolute atomic E-state index is 0. The summed E-state index contributed by atoms with van der Waals surface area (Å²) in [5, 5.41) is 0.434. The molecule has 2 aromatic heterocycles. The lowest BCUT2D eigenvalue weighted by Crippen LogP contribution is -2.65. The van der Waals surface area contributed by atoms with Crippen molar-refractivity contribution in [3.63, 3.8) is 0 Å². The summed E-state index contributed by atoms with van der Waals surface area (Å²) in [6.45, 7) is 14.1. The molecule has 2 aliphatic heterocycles. The number of carbonyl (C=O) groups excluding carboxylic acids is 2. The highest BCUT2D eigenvalue weighted by atomic mass is 35.5. The van der Waals surface area contributed by atoms with Gasteiger partial charge in [0.15, 0.2) is 5.69 Å². The van der Waals surface area contributed by atoms with Crippen molar-refractivity contribution in [2.24, 2.45) is 0 Å². The van der Waals surface area contributed by atoms with Gasteiger partial charge in [0.2, 0.25) is 6.23 Å². The van der Waals surface area contributed by atoms with Crippen molar-refractivity contribution in [2.45, 2.75) is 59.4 Å². The first-order chi connectivity index (χ1) is 15.6. The van der Waals surface area contributed by atoms with Crippen LogP contribution in [-0.4, -0.2) is 68.0 Å². The van der Waals surface area contributed by atoms with Crippen LogP contribution in [-0.2, 0) is 4.74 Å². The number of fused-ring (bicyclic) bond motifs is 1. The number of nitrogens with zero attached hydrogens (tertiary/aromatic N) is 6. The van der Waals surface area contributed by atoms with E-state index < -0.39 is 23.8 Å². The Morgan fingerprint density at radius 3 is 2.58 bits per heavy atom. The van der Waals surface area contributed by atoms with Crippen molar-refractivity contribution >= 4 is 29.4 Å². The number of piperazine rings is 1. The molecule has 2 aliphatic rings. The zero-order valence-corrected chi connectivity index (χ0v) is 20.5. The second-order valence-electron chi connectivity index (χ2n) is 8.98. The molecule has 33 heavy (non-hydrogen) atoms. The quantitative estimate of drug-likeness (QED) is 0.369. The first-order valence-corrected chi connectivity index (χ1v) is 11.5. The van der Waals surface area contributed by atoms with Crippen LogP contribution >= 0.6 is 11.6 Å². The van der Waals surface area contributed by atoms with Gasteiger partial charge in [0.25, 0.3) is 5.91 Å². The van der Waals surface area contributed by atoms with Crippen LogP contribution in [0, 0.1) is 13.8 Å². The Kier molecular flexibility index (Phi) is 6.05. The summed E-state index contributed by atoms with van der Waals surface area (Å²) in [6.07, 6.45) is -0.138. The van der Waals surface area contributed by atoms with Gasteiger partial charge in [0.1, 0.15) is 11.5 Å². The summed E-state index contributed by atoms with van der Waals surface area (Å²) in [5.41, 5.74) is 1.32. The van der Waals surface area contributed by atoms with E-state index in [-0.39, 0.29) is 73.1 Å². The fraction of sp³-hybridized carbons (Fsp3) is 0.522. The summed E-state index contributed by atoms with van der Waals surface area (Å²) < 4.78 is 5.99. The van der Waals surface area contributed by atoms with E-state index in [0.717, 1.165) is 13.1 Å². The highest BCUT2D eigenvalue weighted by Crippen LogP contribution is 2.38. The van der Waals surface area contributed by atoms with Gasteiger partial charge in [-0.3, -0.25) is 9.69 Å². The fourth-order valence-electron chi connectivity index (χ4n) is 4.44. The molecular weight excluding hydrogens is 444 g/mol. The lowest BCUT2D eigenvalue weighted by molar-refractivity contribution is -0.0318. The number of rotatable bonds is 3. The van der Waals surface area contributed by atoms with E-state index in [9.17, 15) is 9.59 Å². The minimum atomic E-state index is -1.07. The van der Waals surface area contributed by atoms with Crippen LogP contribution in [0.15, 0.2) is 18.3 Å². The van der Waals surface area contributed by atoms with Gasteiger partial charge in [-0.2, -0.15) is 0 Å². The van der Waals surface area contributed by atoms with Crippen molar-refractivity contribution in [1.82, 2.24) is 24.8 Å². The molecule has 1 fully saturated rings. The Morgan fingerprint density at radius 2 is 1.94 bits per heavy atom. The largest absolute Gasteiger partial charge is 0.419 e. The van der Waals surface area contributed by atoms with Gasteiger partial charge in [0.05, 0.1) is 21.9 Å². The maximum atomic E-state index is 13.5. The van der Waals surface area contributed by atoms with Crippen molar-refractivity contribution in [3.05, 3.63) is 46.1 Å². The molecule has 262 valence electrons. The molecule has 9 nitrogen and oxygen atoms in total. The molecule has 1 saturated heterocycles. The van der Waals surface area contributed by atoms with Crippen LogP contribution in [0.5, 0.6) is 0 Å². The second kappa shape index (κ2) is 8.53. The Bertz CT molecular complexity index is 1170. The molecular formula is C23H115ClN6O3. The van der Waals surface area contributed by atoms with E-state index >= 15 is 0 Å². The molecule has 10 heteroatoms. The third kappa shape index (κ3) is 3.93. The van der Waals surface area contributed by atoms with Crippen LogP contribution in [0.2, 0.25) is 5.02 Å². The van der Waals surface area contributed by atoms with Gasteiger partial charge < -0.3 is 9.64 Å². The number of amides is 2. The molecule has 1 unspecified atom stereocenters. The third-order valence-corrected chi connectivity index (χ3v) is 7.12. The van der Waals surface area contributed by atoms with Gasteiger partial charge in [-0.25, -0.2) is 24.6 Å². The Balaban J connectivity index is -0.00000000793. The van der Waals surface area contributed by atoms with Crippen LogP contribution in [0.1, 0.15) is 123 Å². The Hall–Kier alpha value is -2.78. The normalized spacial score (nSPS) is 22.5. The average molecular weight is 560 g/mol. The van der Waals surface area contributed by atoms with Gasteiger partial charge in [0, 0.05) is 86.7 Å². The lowest BCUT2D eigenvalue weighted by Gasteiger charge is -2.51. The molecule has 0 spiro atoms. The number of hydrogen-bond donors (Lipinski definition) is 0. The molecule has 2 aromatic rings. The van der Waals surface area contributed by atoms with Gasteiger partial charge in [-0.15, -0.1) is 0 Å². The SMILES string of the molecule is CCN1CCN(C(=O)O[C@H]2c3nc(C)c(C)nc3C(=O)N2c2ccc(Cl)cn2)C(C)(C)C1C.[HH].[HH].[HH].[HH].[HH].[HH].[HH].[HH].[HH].[HH].[HH].[HH].[HH].[HH].[HH].[HH].[HH].[HH].[HH].[HH].[HH].[HH].[HH].[HH].[HH].[HH].[HH].[HH].[HH].[HH].[HH].[HH].[HH].[HH].[HH].[HH].[HH].[HH].[HH].[HH].[HH].[HH].[HH]. The smallest absolute Gasteiger partial charge is 0.412 e. The molecule has 0 N–H and O–H groups in total. The summed E-state index contributed by atoms with van der Waals surface area (Å²) in [6, 6.07) is 3.38. The number of anilines is 1. The Labute approximate surface area is 262 Å². The summed E-state index contributed by atoms with van der Waals surface area (Å²) >= 11 is 5.99. The van der Waals surface area contributed by atoms with Crippen molar-refractivity contribution in [1.29, 1.82) is 0 Å². The van der Waals surface area contributed by atoms with E-state index in [1.54, 1.807) is 24.0 Å². The maximum absolute atomic E-state index is 13.5. The first kappa shape index (κ1) is 23.4. The van der Waals surface area contributed by atoms with Crippen LogP contribution in [0.4, 0.5) is 10.6 Å². The molecule has 4 rings (SSSR count). The fourth-order valence-corrected chi connectivity index (χ4v) is 4.55. The van der Waals surface area contributed by atoms with Crippen molar-refractivity contribution in [3.8, 4) is 0 Å². The molecule has 2 amide bonds. The minimum Gasteiger partial charge on any atom is -0.419 e. The monoisotopic (exact) mass is 559 g/mol. The number of pyridine rings is 1. The van der Waals surface area contributed by atoms with Gasteiger partial charge in [-0.05, 0) is 53.3 Å². The Morgan fingerprint density at radius 1 is 1.24 bits per heavy atom. The number of aromatic nitrogens is 3. The van der Waals surface area contributed by atoms with E-state index in [1.165, 1.54) is 11.1 Å². The molecule has 0 saturated carbocycles. The summed E-state index contributed by atoms with van der Waals surface area (Å²) in [4.78, 5) is 45.4. The summed E-state index contributed by atoms with van der Waals surface area (Å²) in [5.74, 6) is -0.114. The molecule has 0 aromatic carbocycles. The number of hydrogen-bond acceptors (Lipinski definition) is 7. The highest BCUT2D eigenvalue weighted by molar-refractivity contribution is 6.30. The zero-order valence-electron chi connectivity index (χ0n) is 19.8. The highest BCUT2D eigenvalue weighted by Gasteiger charge is 2.48. The van der Waals surface area contributed by atoms with E-state index in [4.69, 9.17) is 16.3 Å². The number of ether oxygens (including phenoxy) is 1. The zero-order chi connectivity index (χ0) is 24.1.